The Morgan fingerprint density at radius 3 is 2.63 bits per heavy atom. The molecule has 108 valence electrons. The molecule has 0 aliphatic carbocycles. The van der Waals surface area contributed by atoms with E-state index >= 15 is 0 Å². The number of nitrogens with one attached hydrogen (secondary N) is 1. The van der Waals surface area contributed by atoms with Gasteiger partial charge in [-0.2, -0.15) is 0 Å². The number of hydrogen-bond donors (Lipinski definition) is 1. The SMILES string of the molecule is CC(C)(C)OC(=O)N[C@H]1CCC[C@H]2CCCN2C1=O. The summed E-state index contributed by atoms with van der Waals surface area (Å²) in [5.41, 5.74) is -0.534. The lowest BCUT2D eigenvalue weighted by molar-refractivity contribution is -0.133. The van der Waals surface area contributed by atoms with E-state index in [2.05, 4.69) is 5.32 Å². The number of ether oxygens (including phenoxy) is 1. The van der Waals surface area contributed by atoms with Gasteiger partial charge in [0.1, 0.15) is 11.6 Å². The first-order chi connectivity index (χ1) is 8.87. The molecule has 5 heteroatoms. The number of nitrogens with zero attached hydrogens (tertiary/aromatic N) is 1. The Morgan fingerprint density at radius 1 is 1.26 bits per heavy atom. The van der Waals surface area contributed by atoms with Crippen LogP contribution in [0.5, 0.6) is 0 Å². The molecule has 19 heavy (non-hydrogen) atoms. The molecule has 2 saturated heterocycles. The van der Waals surface area contributed by atoms with E-state index < -0.39 is 17.7 Å². The third-order valence-electron chi connectivity index (χ3n) is 3.68. The Labute approximate surface area is 114 Å². The van der Waals surface area contributed by atoms with Gasteiger partial charge in [0, 0.05) is 12.6 Å². The topological polar surface area (TPSA) is 58.6 Å². The highest BCUT2D eigenvalue weighted by atomic mass is 16.6. The second-order valence-corrected chi connectivity index (χ2v) is 6.46. The number of rotatable bonds is 1. The van der Waals surface area contributed by atoms with Crippen LogP contribution in [-0.4, -0.2) is 41.1 Å². The largest absolute Gasteiger partial charge is 0.444 e. The zero-order valence-corrected chi connectivity index (χ0v) is 12.1. The number of fused-ring (bicyclic) bond motifs is 1. The van der Waals surface area contributed by atoms with Crippen LogP contribution in [0.25, 0.3) is 0 Å². The highest BCUT2D eigenvalue weighted by Crippen LogP contribution is 2.27. The van der Waals surface area contributed by atoms with Crippen LogP contribution in [0.3, 0.4) is 0 Å². The summed E-state index contributed by atoms with van der Waals surface area (Å²) in [5.74, 6) is 0.0610. The molecule has 2 aliphatic rings. The monoisotopic (exact) mass is 268 g/mol. The molecule has 0 bridgehead atoms. The predicted molar refractivity (Wildman–Crippen MR) is 71.7 cm³/mol. The van der Waals surface area contributed by atoms with Crippen molar-refractivity contribution in [3.05, 3.63) is 0 Å². The molecule has 2 fully saturated rings. The lowest BCUT2D eigenvalue weighted by Gasteiger charge is -2.26. The van der Waals surface area contributed by atoms with Crippen molar-refractivity contribution in [1.82, 2.24) is 10.2 Å². The number of carbonyl (C=O) groups is 2. The van der Waals surface area contributed by atoms with E-state index in [1.54, 1.807) is 0 Å². The standard InChI is InChI=1S/C14H24N2O3/c1-14(2,3)19-13(18)15-11-8-4-6-10-7-5-9-16(10)12(11)17/h10-11H,4-9H2,1-3H3,(H,15,18)/t10-,11-/m0/s1. The van der Waals surface area contributed by atoms with Crippen LogP contribution in [0.4, 0.5) is 4.79 Å². The van der Waals surface area contributed by atoms with Crippen molar-refractivity contribution in [2.45, 2.75) is 70.6 Å². The molecule has 0 saturated carbocycles. The number of hydrogen-bond acceptors (Lipinski definition) is 3. The summed E-state index contributed by atoms with van der Waals surface area (Å²) in [6.07, 6.45) is 4.43. The average Bonchev–Trinajstić information content (AvgIpc) is 2.67. The smallest absolute Gasteiger partial charge is 0.408 e. The Balaban J connectivity index is 1.95. The van der Waals surface area contributed by atoms with Crippen LogP contribution in [0, 0.1) is 0 Å². The first-order valence-corrected chi connectivity index (χ1v) is 7.17. The summed E-state index contributed by atoms with van der Waals surface area (Å²) in [4.78, 5) is 26.1. The molecule has 0 spiro atoms. The van der Waals surface area contributed by atoms with Crippen LogP contribution in [-0.2, 0) is 9.53 Å². The molecule has 0 aromatic carbocycles. The minimum atomic E-state index is -0.534. The third-order valence-corrected chi connectivity index (χ3v) is 3.68. The van der Waals surface area contributed by atoms with E-state index in [0.29, 0.717) is 12.5 Å². The van der Waals surface area contributed by atoms with E-state index in [9.17, 15) is 9.59 Å². The number of amides is 2. The summed E-state index contributed by atoms with van der Waals surface area (Å²) >= 11 is 0. The van der Waals surface area contributed by atoms with Gasteiger partial charge in [0.2, 0.25) is 5.91 Å². The molecule has 5 nitrogen and oxygen atoms in total. The molecule has 0 radical (unpaired) electrons. The fraction of sp³-hybridized carbons (Fsp3) is 0.857. The molecule has 0 aromatic rings. The second-order valence-electron chi connectivity index (χ2n) is 6.46. The predicted octanol–water partition coefficient (Wildman–Crippen LogP) is 2.05. The molecular formula is C14H24N2O3. The maximum atomic E-state index is 12.4. The van der Waals surface area contributed by atoms with Gasteiger partial charge in [-0.3, -0.25) is 4.79 Å². The van der Waals surface area contributed by atoms with Gasteiger partial charge < -0.3 is 15.0 Å². The third kappa shape index (κ3) is 3.61. The maximum Gasteiger partial charge on any atom is 0.408 e. The summed E-state index contributed by atoms with van der Waals surface area (Å²) in [6.45, 7) is 6.28. The van der Waals surface area contributed by atoms with E-state index in [0.717, 1.165) is 32.2 Å². The summed E-state index contributed by atoms with van der Waals surface area (Å²) < 4.78 is 5.22. The highest BCUT2D eigenvalue weighted by Gasteiger charge is 2.36. The molecule has 2 atom stereocenters. The van der Waals surface area contributed by atoms with Gasteiger partial charge in [-0.25, -0.2) is 4.79 Å². The first-order valence-electron chi connectivity index (χ1n) is 7.17. The van der Waals surface area contributed by atoms with Crippen molar-refractivity contribution in [2.24, 2.45) is 0 Å². The Bertz CT molecular complexity index is 362. The van der Waals surface area contributed by atoms with Crippen molar-refractivity contribution >= 4 is 12.0 Å². The van der Waals surface area contributed by atoms with Crippen molar-refractivity contribution in [3.8, 4) is 0 Å². The molecule has 0 unspecified atom stereocenters. The van der Waals surface area contributed by atoms with E-state index in [1.165, 1.54) is 0 Å². The molecule has 1 N–H and O–H groups in total. The van der Waals surface area contributed by atoms with Crippen LogP contribution in [0.2, 0.25) is 0 Å². The normalized spacial score (nSPS) is 27.7. The van der Waals surface area contributed by atoms with E-state index in [1.807, 2.05) is 25.7 Å². The van der Waals surface area contributed by atoms with Gasteiger partial charge in [0.25, 0.3) is 0 Å². The molecule has 2 amide bonds. The maximum absolute atomic E-state index is 12.4. The van der Waals surface area contributed by atoms with Crippen LogP contribution >= 0.6 is 0 Å². The van der Waals surface area contributed by atoms with Crippen molar-refractivity contribution in [1.29, 1.82) is 0 Å². The molecule has 2 heterocycles. The summed E-state index contributed by atoms with van der Waals surface area (Å²) in [7, 11) is 0. The Hall–Kier alpha value is -1.26. The first kappa shape index (κ1) is 14.2. The summed E-state index contributed by atoms with van der Waals surface area (Å²) in [6, 6.07) is -0.0316. The minimum absolute atomic E-state index is 0.0610. The second kappa shape index (κ2) is 5.39. The van der Waals surface area contributed by atoms with Crippen LogP contribution in [0.15, 0.2) is 0 Å². The zero-order chi connectivity index (χ0) is 14.0. The molecule has 2 aliphatic heterocycles. The Kier molecular flexibility index (Phi) is 4.02. The van der Waals surface area contributed by atoms with E-state index in [-0.39, 0.29) is 5.91 Å². The zero-order valence-electron chi connectivity index (χ0n) is 12.1. The van der Waals surface area contributed by atoms with Crippen LogP contribution in [0.1, 0.15) is 52.9 Å². The molecule has 0 aromatic heterocycles. The van der Waals surface area contributed by atoms with Gasteiger partial charge in [-0.15, -0.1) is 0 Å². The van der Waals surface area contributed by atoms with Crippen molar-refractivity contribution < 1.29 is 14.3 Å². The van der Waals surface area contributed by atoms with Gasteiger partial charge in [-0.05, 0) is 52.9 Å². The van der Waals surface area contributed by atoms with Gasteiger partial charge in [0.05, 0.1) is 0 Å². The van der Waals surface area contributed by atoms with Gasteiger partial charge in [-0.1, -0.05) is 0 Å². The quantitative estimate of drug-likeness (QED) is 0.792. The minimum Gasteiger partial charge on any atom is -0.444 e. The molecular weight excluding hydrogens is 244 g/mol. The highest BCUT2D eigenvalue weighted by molar-refractivity contribution is 5.86. The fourth-order valence-corrected chi connectivity index (χ4v) is 2.89. The summed E-state index contributed by atoms with van der Waals surface area (Å²) in [5, 5.41) is 2.73. The average molecular weight is 268 g/mol. The fourth-order valence-electron chi connectivity index (χ4n) is 2.89. The molecule has 2 rings (SSSR count). The number of carbonyl (C=O) groups excluding carboxylic acids is 2. The van der Waals surface area contributed by atoms with Gasteiger partial charge >= 0.3 is 6.09 Å². The van der Waals surface area contributed by atoms with Crippen molar-refractivity contribution in [3.63, 3.8) is 0 Å². The number of alkyl carbamates (subject to hydrolysis) is 1. The Morgan fingerprint density at radius 2 is 1.95 bits per heavy atom. The van der Waals surface area contributed by atoms with Crippen molar-refractivity contribution in [2.75, 3.05) is 6.54 Å². The van der Waals surface area contributed by atoms with E-state index in [4.69, 9.17) is 4.74 Å². The van der Waals surface area contributed by atoms with Crippen LogP contribution < -0.4 is 5.32 Å². The van der Waals surface area contributed by atoms with Gasteiger partial charge in [0.15, 0.2) is 0 Å². The lowest BCUT2D eigenvalue weighted by atomic mass is 10.1. The lowest BCUT2D eigenvalue weighted by Crippen LogP contribution is -2.49.